The average Bonchev–Trinajstić information content (AvgIpc) is 2.74. The Labute approximate surface area is 97.7 Å². The fourth-order valence-electron chi connectivity index (χ4n) is 1.36. The van der Waals surface area contributed by atoms with Gasteiger partial charge in [0.2, 0.25) is 0 Å². The highest BCUT2D eigenvalue weighted by Gasteiger charge is 2.40. The number of carboxylic acids is 1. The number of halogens is 3. The van der Waals surface area contributed by atoms with Crippen LogP contribution in [-0.2, 0) is 6.18 Å². The summed E-state index contributed by atoms with van der Waals surface area (Å²) in [6.07, 6.45) is -1.95. The largest absolute Gasteiger partial charge is 0.478 e. The molecular weight excluding hydrogens is 253 g/mol. The summed E-state index contributed by atoms with van der Waals surface area (Å²) < 4.78 is 38.9. The maximum absolute atomic E-state index is 12.8. The third-order valence-corrected chi connectivity index (χ3v) is 2.05. The Hall–Kier alpha value is -2.45. The molecule has 0 aliphatic rings. The predicted octanol–water partition coefficient (Wildman–Crippen LogP) is 1.38. The lowest BCUT2D eigenvalue weighted by Crippen LogP contribution is -2.17. The van der Waals surface area contributed by atoms with Gasteiger partial charge in [0.25, 0.3) is 0 Å². The van der Waals surface area contributed by atoms with Crippen LogP contribution in [-0.4, -0.2) is 30.8 Å². The van der Waals surface area contributed by atoms with Gasteiger partial charge in [-0.05, 0) is 0 Å². The highest BCUT2D eigenvalue weighted by atomic mass is 19.4. The molecule has 2 aromatic heterocycles. The van der Waals surface area contributed by atoms with Crippen LogP contribution in [0.2, 0.25) is 0 Å². The highest BCUT2D eigenvalue weighted by Crippen LogP contribution is 2.33. The van der Waals surface area contributed by atoms with Gasteiger partial charge in [-0.3, -0.25) is 0 Å². The SMILES string of the molecule is O=C(O)c1cnn(-c2ccncn2)c1C(F)(F)F. The van der Waals surface area contributed by atoms with E-state index >= 15 is 0 Å². The van der Waals surface area contributed by atoms with Crippen molar-refractivity contribution in [2.45, 2.75) is 6.18 Å². The van der Waals surface area contributed by atoms with Crippen LogP contribution in [0.25, 0.3) is 5.82 Å². The second kappa shape index (κ2) is 4.09. The van der Waals surface area contributed by atoms with Crippen molar-refractivity contribution in [1.82, 2.24) is 19.7 Å². The lowest BCUT2D eigenvalue weighted by Gasteiger charge is -2.10. The first-order valence-corrected chi connectivity index (χ1v) is 4.56. The van der Waals surface area contributed by atoms with E-state index in [2.05, 4.69) is 15.1 Å². The molecule has 6 nitrogen and oxygen atoms in total. The maximum Gasteiger partial charge on any atom is 0.434 e. The molecule has 0 aliphatic carbocycles. The van der Waals surface area contributed by atoms with Crippen molar-refractivity contribution in [2.24, 2.45) is 0 Å². The number of hydrogen-bond acceptors (Lipinski definition) is 4. The van der Waals surface area contributed by atoms with E-state index in [4.69, 9.17) is 5.11 Å². The lowest BCUT2D eigenvalue weighted by molar-refractivity contribution is -0.143. The summed E-state index contributed by atoms with van der Waals surface area (Å²) in [6.45, 7) is 0. The summed E-state index contributed by atoms with van der Waals surface area (Å²) in [5.41, 5.74) is -2.31. The number of nitrogens with zero attached hydrogens (tertiary/aromatic N) is 4. The van der Waals surface area contributed by atoms with E-state index in [0.717, 1.165) is 6.33 Å². The standard InChI is InChI=1S/C9H5F3N4O2/c10-9(11,12)7-5(8(17)18)3-15-16(7)6-1-2-13-4-14-6/h1-4H,(H,17,18). The molecule has 0 amide bonds. The molecule has 2 heterocycles. The molecule has 2 aromatic rings. The van der Waals surface area contributed by atoms with E-state index in [9.17, 15) is 18.0 Å². The Morgan fingerprint density at radius 1 is 1.39 bits per heavy atom. The number of rotatable bonds is 2. The smallest absolute Gasteiger partial charge is 0.434 e. The number of carbonyl (C=O) groups is 1. The fraction of sp³-hybridized carbons (Fsp3) is 0.111. The Kier molecular flexibility index (Phi) is 2.73. The van der Waals surface area contributed by atoms with E-state index in [0.29, 0.717) is 10.9 Å². The first-order chi connectivity index (χ1) is 8.41. The topological polar surface area (TPSA) is 80.9 Å². The summed E-state index contributed by atoms with van der Waals surface area (Å²) in [5.74, 6) is -1.87. The quantitative estimate of drug-likeness (QED) is 0.880. The van der Waals surface area contributed by atoms with Crippen LogP contribution in [0.4, 0.5) is 13.2 Å². The Bertz CT molecular complexity index is 579. The molecule has 0 aliphatic heterocycles. The summed E-state index contributed by atoms with van der Waals surface area (Å²) in [5, 5.41) is 12.1. The molecule has 1 N–H and O–H groups in total. The van der Waals surface area contributed by atoms with Gasteiger partial charge in [0.15, 0.2) is 11.5 Å². The van der Waals surface area contributed by atoms with Crippen molar-refractivity contribution in [3.05, 3.63) is 36.0 Å². The molecule has 18 heavy (non-hydrogen) atoms. The fourth-order valence-corrected chi connectivity index (χ4v) is 1.36. The van der Waals surface area contributed by atoms with E-state index in [1.165, 1.54) is 12.3 Å². The van der Waals surface area contributed by atoms with Crippen LogP contribution in [0.15, 0.2) is 24.8 Å². The van der Waals surface area contributed by atoms with Crippen LogP contribution in [0.1, 0.15) is 16.1 Å². The molecule has 94 valence electrons. The van der Waals surface area contributed by atoms with Gasteiger partial charge >= 0.3 is 12.1 Å². The van der Waals surface area contributed by atoms with Crippen molar-refractivity contribution >= 4 is 5.97 Å². The number of hydrogen-bond donors (Lipinski definition) is 1. The molecule has 9 heteroatoms. The first kappa shape index (κ1) is 12.0. The zero-order valence-electron chi connectivity index (χ0n) is 8.59. The molecule has 0 unspecified atom stereocenters. The van der Waals surface area contributed by atoms with Gasteiger partial charge < -0.3 is 5.11 Å². The van der Waals surface area contributed by atoms with Gasteiger partial charge in [-0.25, -0.2) is 19.4 Å². The third kappa shape index (κ3) is 2.01. The van der Waals surface area contributed by atoms with E-state index in [1.807, 2.05) is 0 Å². The number of aromatic carboxylic acids is 1. The number of aromatic nitrogens is 4. The van der Waals surface area contributed by atoms with Gasteiger partial charge in [0, 0.05) is 12.3 Å². The summed E-state index contributed by atoms with van der Waals surface area (Å²) >= 11 is 0. The van der Waals surface area contributed by atoms with Crippen LogP contribution >= 0.6 is 0 Å². The monoisotopic (exact) mass is 258 g/mol. The first-order valence-electron chi connectivity index (χ1n) is 4.56. The molecule has 0 bridgehead atoms. The molecule has 0 saturated heterocycles. The summed E-state index contributed by atoms with van der Waals surface area (Å²) in [7, 11) is 0. The maximum atomic E-state index is 12.8. The van der Waals surface area contributed by atoms with Crippen molar-refractivity contribution in [2.75, 3.05) is 0 Å². The normalized spacial score (nSPS) is 11.5. The zero-order chi connectivity index (χ0) is 13.3. The Balaban J connectivity index is 2.67. The van der Waals surface area contributed by atoms with Gasteiger partial charge in [-0.2, -0.15) is 18.3 Å². The summed E-state index contributed by atoms with van der Waals surface area (Å²) in [6, 6.07) is 1.19. The van der Waals surface area contributed by atoms with Crippen molar-refractivity contribution < 1.29 is 23.1 Å². The van der Waals surface area contributed by atoms with Gasteiger partial charge in [-0.1, -0.05) is 0 Å². The minimum atomic E-state index is -4.85. The van der Waals surface area contributed by atoms with Crippen LogP contribution in [0.5, 0.6) is 0 Å². The average molecular weight is 258 g/mol. The number of carboxylic acid groups (broad SMARTS) is 1. The number of alkyl halides is 3. The molecule has 0 spiro atoms. The van der Waals surface area contributed by atoms with Crippen molar-refractivity contribution in [3.8, 4) is 5.82 Å². The summed E-state index contributed by atoms with van der Waals surface area (Å²) in [4.78, 5) is 17.9. The molecule has 0 fully saturated rings. The van der Waals surface area contributed by atoms with Gasteiger partial charge in [0.1, 0.15) is 11.9 Å². The van der Waals surface area contributed by atoms with Crippen LogP contribution < -0.4 is 0 Å². The second-order valence-electron chi connectivity index (χ2n) is 3.19. The Morgan fingerprint density at radius 2 is 2.11 bits per heavy atom. The highest BCUT2D eigenvalue weighted by molar-refractivity contribution is 5.89. The predicted molar refractivity (Wildman–Crippen MR) is 51.1 cm³/mol. The van der Waals surface area contributed by atoms with Crippen LogP contribution in [0.3, 0.4) is 0 Å². The van der Waals surface area contributed by atoms with E-state index in [1.54, 1.807) is 0 Å². The van der Waals surface area contributed by atoms with E-state index < -0.39 is 23.4 Å². The molecule has 0 radical (unpaired) electrons. The molecule has 0 saturated carbocycles. The van der Waals surface area contributed by atoms with Crippen LogP contribution in [0, 0.1) is 0 Å². The molecule has 2 rings (SSSR count). The molecule has 0 atom stereocenters. The van der Waals surface area contributed by atoms with Gasteiger partial charge in [-0.15, -0.1) is 0 Å². The Morgan fingerprint density at radius 3 is 2.61 bits per heavy atom. The van der Waals surface area contributed by atoms with Crippen molar-refractivity contribution in [3.63, 3.8) is 0 Å². The molecular formula is C9H5F3N4O2. The molecule has 0 aromatic carbocycles. The minimum Gasteiger partial charge on any atom is -0.478 e. The van der Waals surface area contributed by atoms with Gasteiger partial charge in [0.05, 0.1) is 6.20 Å². The van der Waals surface area contributed by atoms with Crippen molar-refractivity contribution in [1.29, 1.82) is 0 Å². The zero-order valence-corrected chi connectivity index (χ0v) is 8.59. The second-order valence-corrected chi connectivity index (χ2v) is 3.19. The third-order valence-electron chi connectivity index (χ3n) is 2.05. The van der Waals surface area contributed by atoms with E-state index in [-0.39, 0.29) is 5.82 Å². The lowest BCUT2D eigenvalue weighted by atomic mass is 10.2. The minimum absolute atomic E-state index is 0.162.